The van der Waals surface area contributed by atoms with Crippen LogP contribution in [0.1, 0.15) is 29.2 Å². The van der Waals surface area contributed by atoms with Gasteiger partial charge in [-0.05, 0) is 51.1 Å². The minimum Gasteiger partial charge on any atom is -0.304 e. The molecule has 1 saturated heterocycles. The van der Waals surface area contributed by atoms with Gasteiger partial charge in [0, 0.05) is 31.7 Å². The second-order valence-electron chi connectivity index (χ2n) is 6.20. The first-order chi connectivity index (χ1) is 9.51. The molecule has 4 nitrogen and oxygen atoms in total. The van der Waals surface area contributed by atoms with Crippen molar-refractivity contribution in [1.82, 2.24) is 15.2 Å². The van der Waals surface area contributed by atoms with Gasteiger partial charge in [-0.15, -0.1) is 0 Å². The molecule has 0 radical (unpaired) electrons. The Labute approximate surface area is 122 Å². The van der Waals surface area contributed by atoms with Crippen molar-refractivity contribution < 1.29 is 0 Å². The Hall–Kier alpha value is -0.940. The lowest BCUT2D eigenvalue weighted by molar-refractivity contribution is 0.101. The molecule has 112 valence electrons. The van der Waals surface area contributed by atoms with E-state index in [0.717, 1.165) is 26.1 Å². The molecule has 1 aromatic carbocycles. The van der Waals surface area contributed by atoms with Gasteiger partial charge in [-0.1, -0.05) is 18.2 Å². The summed E-state index contributed by atoms with van der Waals surface area (Å²) in [4.78, 5) is 4.85. The summed E-state index contributed by atoms with van der Waals surface area (Å²) in [6.07, 6.45) is 1.04. The Morgan fingerprint density at radius 3 is 2.65 bits per heavy atom. The van der Waals surface area contributed by atoms with Crippen LogP contribution >= 0.6 is 0 Å². The molecule has 0 amide bonds. The van der Waals surface area contributed by atoms with Gasteiger partial charge < -0.3 is 9.80 Å². The first-order valence-corrected chi connectivity index (χ1v) is 7.43. The van der Waals surface area contributed by atoms with Gasteiger partial charge in [0.25, 0.3) is 0 Å². The second-order valence-corrected chi connectivity index (χ2v) is 6.20. The van der Waals surface area contributed by atoms with E-state index in [4.69, 9.17) is 5.84 Å². The van der Waals surface area contributed by atoms with E-state index in [9.17, 15) is 0 Å². The van der Waals surface area contributed by atoms with Gasteiger partial charge in [-0.3, -0.25) is 11.3 Å². The molecule has 0 spiro atoms. The van der Waals surface area contributed by atoms with Crippen LogP contribution in [0, 0.1) is 13.8 Å². The van der Waals surface area contributed by atoms with E-state index < -0.39 is 0 Å². The lowest BCUT2D eigenvalue weighted by atomic mass is 9.95. The van der Waals surface area contributed by atoms with Crippen LogP contribution in [0.25, 0.3) is 0 Å². The Kier molecular flexibility index (Phi) is 5.16. The summed E-state index contributed by atoms with van der Waals surface area (Å²) in [5, 5.41) is 0. The number of nitrogens with zero attached hydrogens (tertiary/aromatic N) is 2. The Bertz CT molecular complexity index is 446. The molecule has 2 rings (SSSR count). The number of benzene rings is 1. The van der Waals surface area contributed by atoms with Gasteiger partial charge in [0.1, 0.15) is 0 Å². The topological polar surface area (TPSA) is 44.5 Å². The van der Waals surface area contributed by atoms with E-state index in [0.29, 0.717) is 6.04 Å². The maximum Gasteiger partial charge on any atom is 0.0475 e. The summed E-state index contributed by atoms with van der Waals surface area (Å²) in [6.45, 7) is 7.70. The fraction of sp³-hybridized carbons (Fsp3) is 0.625. The SMILES string of the molecule is Cc1ccc(C(CC2CN(C)CCN2C)NN)cc1C. The highest BCUT2D eigenvalue weighted by atomic mass is 15.3. The molecule has 4 heteroatoms. The van der Waals surface area contributed by atoms with Crippen LogP contribution in [-0.2, 0) is 0 Å². The number of hydrogen-bond acceptors (Lipinski definition) is 4. The summed E-state index contributed by atoms with van der Waals surface area (Å²) in [7, 11) is 4.41. The number of piperazine rings is 1. The van der Waals surface area contributed by atoms with Crippen molar-refractivity contribution in [3.8, 4) is 0 Å². The normalized spacial score (nSPS) is 22.9. The van der Waals surface area contributed by atoms with E-state index in [1.165, 1.54) is 16.7 Å². The maximum absolute atomic E-state index is 5.81. The van der Waals surface area contributed by atoms with E-state index in [2.05, 4.69) is 61.4 Å². The second kappa shape index (κ2) is 6.68. The van der Waals surface area contributed by atoms with Crippen LogP contribution < -0.4 is 11.3 Å². The average molecular weight is 276 g/mol. The molecule has 3 N–H and O–H groups in total. The van der Waals surface area contributed by atoms with Crippen molar-refractivity contribution in [3.63, 3.8) is 0 Å². The highest BCUT2D eigenvalue weighted by molar-refractivity contribution is 5.31. The summed E-state index contributed by atoms with van der Waals surface area (Å²) >= 11 is 0. The number of likely N-dealkylation sites (N-methyl/N-ethyl adjacent to an activating group) is 2. The molecule has 0 saturated carbocycles. The standard InChI is InChI=1S/C16H28N4/c1-12-5-6-14(9-13(12)2)16(18-17)10-15-11-19(3)7-8-20(15)4/h5-6,9,15-16,18H,7-8,10-11,17H2,1-4H3. The monoisotopic (exact) mass is 276 g/mol. The summed E-state index contributed by atoms with van der Waals surface area (Å²) in [6, 6.07) is 7.40. The fourth-order valence-corrected chi connectivity index (χ4v) is 2.91. The molecule has 0 aliphatic carbocycles. The van der Waals surface area contributed by atoms with E-state index in [1.54, 1.807) is 0 Å². The van der Waals surface area contributed by atoms with Gasteiger partial charge >= 0.3 is 0 Å². The fourth-order valence-electron chi connectivity index (χ4n) is 2.91. The van der Waals surface area contributed by atoms with Gasteiger partial charge in [0.15, 0.2) is 0 Å². The minimum absolute atomic E-state index is 0.216. The molecule has 1 fully saturated rings. The summed E-state index contributed by atoms with van der Waals surface area (Å²) in [5.74, 6) is 5.81. The summed E-state index contributed by atoms with van der Waals surface area (Å²) in [5.41, 5.74) is 6.95. The Balaban J connectivity index is 2.09. The number of hydrogen-bond donors (Lipinski definition) is 2. The molecular weight excluding hydrogens is 248 g/mol. The van der Waals surface area contributed by atoms with Crippen molar-refractivity contribution in [1.29, 1.82) is 0 Å². The first-order valence-electron chi connectivity index (χ1n) is 7.43. The van der Waals surface area contributed by atoms with Gasteiger partial charge in [0.05, 0.1) is 0 Å². The van der Waals surface area contributed by atoms with Gasteiger partial charge in [-0.25, -0.2) is 0 Å². The highest BCUT2D eigenvalue weighted by Crippen LogP contribution is 2.23. The van der Waals surface area contributed by atoms with E-state index in [-0.39, 0.29) is 6.04 Å². The van der Waals surface area contributed by atoms with Gasteiger partial charge in [-0.2, -0.15) is 0 Å². The molecule has 2 atom stereocenters. The number of aryl methyl sites for hydroxylation is 2. The largest absolute Gasteiger partial charge is 0.304 e. The first kappa shape index (κ1) is 15.4. The number of hydrazine groups is 1. The van der Waals surface area contributed by atoms with Crippen molar-refractivity contribution in [2.75, 3.05) is 33.7 Å². The Morgan fingerprint density at radius 2 is 2.00 bits per heavy atom. The van der Waals surface area contributed by atoms with Crippen LogP contribution in [0.15, 0.2) is 18.2 Å². The van der Waals surface area contributed by atoms with Crippen LogP contribution in [-0.4, -0.2) is 49.6 Å². The van der Waals surface area contributed by atoms with Crippen LogP contribution in [0.3, 0.4) is 0 Å². The zero-order valence-electron chi connectivity index (χ0n) is 13.2. The third kappa shape index (κ3) is 3.58. The molecular formula is C16H28N4. The smallest absolute Gasteiger partial charge is 0.0475 e. The van der Waals surface area contributed by atoms with Crippen LogP contribution in [0.4, 0.5) is 0 Å². The van der Waals surface area contributed by atoms with Crippen LogP contribution in [0.2, 0.25) is 0 Å². The predicted molar refractivity (Wildman–Crippen MR) is 84.5 cm³/mol. The number of nitrogens with two attached hydrogens (primary N) is 1. The van der Waals surface area contributed by atoms with Crippen molar-refractivity contribution in [2.24, 2.45) is 5.84 Å². The number of nitrogens with one attached hydrogen (secondary N) is 1. The van der Waals surface area contributed by atoms with Gasteiger partial charge in [0.2, 0.25) is 0 Å². The lowest BCUT2D eigenvalue weighted by Gasteiger charge is -2.39. The Morgan fingerprint density at radius 1 is 1.25 bits per heavy atom. The van der Waals surface area contributed by atoms with E-state index in [1.807, 2.05) is 0 Å². The lowest BCUT2D eigenvalue weighted by Crippen LogP contribution is -2.51. The molecule has 1 aliphatic heterocycles. The predicted octanol–water partition coefficient (Wildman–Crippen LogP) is 1.44. The third-order valence-electron chi connectivity index (χ3n) is 4.62. The maximum atomic E-state index is 5.81. The molecule has 20 heavy (non-hydrogen) atoms. The molecule has 0 aromatic heterocycles. The molecule has 2 unspecified atom stereocenters. The average Bonchev–Trinajstić information content (AvgIpc) is 2.43. The minimum atomic E-state index is 0.216. The molecule has 1 heterocycles. The molecule has 1 aliphatic rings. The third-order valence-corrected chi connectivity index (χ3v) is 4.62. The zero-order chi connectivity index (χ0) is 14.7. The quantitative estimate of drug-likeness (QED) is 0.645. The number of rotatable bonds is 4. The highest BCUT2D eigenvalue weighted by Gasteiger charge is 2.25. The van der Waals surface area contributed by atoms with Crippen LogP contribution in [0.5, 0.6) is 0 Å². The summed E-state index contributed by atoms with van der Waals surface area (Å²) < 4.78 is 0. The molecule has 1 aromatic rings. The molecule has 0 bridgehead atoms. The van der Waals surface area contributed by atoms with Crippen molar-refractivity contribution in [2.45, 2.75) is 32.4 Å². The van der Waals surface area contributed by atoms with Crippen molar-refractivity contribution in [3.05, 3.63) is 34.9 Å². The van der Waals surface area contributed by atoms with Crippen molar-refractivity contribution >= 4 is 0 Å². The zero-order valence-corrected chi connectivity index (χ0v) is 13.2. The van der Waals surface area contributed by atoms with E-state index >= 15 is 0 Å².